The average molecular weight is 394 g/mol. The van der Waals surface area contributed by atoms with E-state index in [4.69, 9.17) is 4.74 Å². The summed E-state index contributed by atoms with van der Waals surface area (Å²) in [7, 11) is 0. The van der Waals surface area contributed by atoms with Gasteiger partial charge in [-0.2, -0.15) is 0 Å². The Hall–Kier alpha value is -4.10. The molecule has 0 atom stereocenters. The molecule has 0 saturated carbocycles. The summed E-state index contributed by atoms with van der Waals surface area (Å²) in [5.41, 5.74) is 0. The van der Waals surface area contributed by atoms with Gasteiger partial charge in [0.1, 0.15) is 11.5 Å². The van der Waals surface area contributed by atoms with Crippen LogP contribution in [-0.4, -0.2) is 0 Å². The van der Waals surface area contributed by atoms with Crippen molar-refractivity contribution in [2.45, 2.75) is 0 Å². The summed E-state index contributed by atoms with van der Waals surface area (Å²) in [4.78, 5) is 0. The standard InChI is InChI=1S/C30H18O/c1-2-8-23-19(5-1)13-16-25-24(23)9-4-10-27(25)31-28-18-15-22-12-11-20-6-3-7-21-14-17-26(28)30(22)29(20)21/h1-18H. The highest BCUT2D eigenvalue weighted by Gasteiger charge is 2.13. The molecule has 0 amide bonds. The molecule has 0 heterocycles. The van der Waals surface area contributed by atoms with Crippen LogP contribution in [0.2, 0.25) is 0 Å². The maximum absolute atomic E-state index is 6.60. The van der Waals surface area contributed by atoms with Crippen LogP contribution in [0, 0.1) is 0 Å². The monoisotopic (exact) mass is 394 g/mol. The normalized spacial score (nSPS) is 11.9. The number of hydrogen-bond donors (Lipinski definition) is 0. The summed E-state index contributed by atoms with van der Waals surface area (Å²) in [6.45, 7) is 0. The number of fused-ring (bicyclic) bond motifs is 3. The summed E-state index contributed by atoms with van der Waals surface area (Å²) in [5, 5.41) is 12.4. The Labute approximate surface area is 179 Å². The van der Waals surface area contributed by atoms with Crippen molar-refractivity contribution in [2.75, 3.05) is 0 Å². The van der Waals surface area contributed by atoms with E-state index in [-0.39, 0.29) is 0 Å². The second-order valence-corrected chi connectivity index (χ2v) is 8.16. The van der Waals surface area contributed by atoms with Crippen molar-refractivity contribution in [1.29, 1.82) is 0 Å². The van der Waals surface area contributed by atoms with E-state index in [2.05, 4.69) is 109 Å². The van der Waals surface area contributed by atoms with Crippen LogP contribution in [0.3, 0.4) is 0 Å². The van der Waals surface area contributed by atoms with E-state index in [0.29, 0.717) is 0 Å². The third-order valence-electron chi connectivity index (χ3n) is 6.46. The summed E-state index contributed by atoms with van der Waals surface area (Å²) >= 11 is 0. The van der Waals surface area contributed by atoms with Crippen LogP contribution in [0.4, 0.5) is 0 Å². The molecule has 0 bridgehead atoms. The fraction of sp³-hybridized carbons (Fsp3) is 0. The third-order valence-corrected chi connectivity index (χ3v) is 6.46. The van der Waals surface area contributed by atoms with Crippen LogP contribution < -0.4 is 4.74 Å². The molecule has 0 aliphatic rings. The summed E-state index contributed by atoms with van der Waals surface area (Å²) < 4.78 is 6.60. The maximum atomic E-state index is 6.60. The Morgan fingerprint density at radius 2 is 0.903 bits per heavy atom. The molecule has 0 N–H and O–H groups in total. The highest BCUT2D eigenvalue weighted by Crippen LogP contribution is 2.41. The van der Waals surface area contributed by atoms with Crippen molar-refractivity contribution >= 4 is 53.9 Å². The lowest BCUT2D eigenvalue weighted by molar-refractivity contribution is 0.494. The number of rotatable bonds is 2. The van der Waals surface area contributed by atoms with Crippen LogP contribution in [0.5, 0.6) is 11.5 Å². The zero-order valence-electron chi connectivity index (χ0n) is 16.8. The van der Waals surface area contributed by atoms with Gasteiger partial charge in [0.25, 0.3) is 0 Å². The van der Waals surface area contributed by atoms with E-state index in [1.807, 2.05) is 0 Å². The van der Waals surface area contributed by atoms with Crippen molar-refractivity contribution < 1.29 is 4.74 Å². The molecule has 0 fully saturated rings. The first-order chi connectivity index (χ1) is 15.4. The molecule has 0 aliphatic carbocycles. The lowest BCUT2D eigenvalue weighted by Crippen LogP contribution is -1.90. The predicted molar refractivity (Wildman–Crippen MR) is 132 cm³/mol. The van der Waals surface area contributed by atoms with Gasteiger partial charge in [-0.3, -0.25) is 0 Å². The second-order valence-electron chi connectivity index (χ2n) is 8.16. The minimum Gasteiger partial charge on any atom is -0.456 e. The minimum absolute atomic E-state index is 0.887. The summed E-state index contributed by atoms with van der Waals surface area (Å²) in [6.07, 6.45) is 0. The van der Waals surface area contributed by atoms with Crippen LogP contribution >= 0.6 is 0 Å². The first kappa shape index (κ1) is 16.7. The van der Waals surface area contributed by atoms with Crippen molar-refractivity contribution in [3.05, 3.63) is 109 Å². The molecule has 0 saturated heterocycles. The number of benzene rings is 7. The van der Waals surface area contributed by atoms with E-state index >= 15 is 0 Å². The van der Waals surface area contributed by atoms with Gasteiger partial charge in [-0.05, 0) is 62.0 Å². The smallest absolute Gasteiger partial charge is 0.135 e. The molecule has 0 unspecified atom stereocenters. The first-order valence-corrected chi connectivity index (χ1v) is 10.6. The Morgan fingerprint density at radius 1 is 0.323 bits per heavy atom. The van der Waals surface area contributed by atoms with Gasteiger partial charge in [0.2, 0.25) is 0 Å². The van der Waals surface area contributed by atoms with E-state index in [0.717, 1.165) is 22.3 Å². The van der Waals surface area contributed by atoms with Gasteiger partial charge in [0.05, 0.1) is 0 Å². The predicted octanol–water partition coefficient (Wildman–Crippen LogP) is 8.68. The molecule has 7 rings (SSSR count). The summed E-state index contributed by atoms with van der Waals surface area (Å²) in [6, 6.07) is 38.8. The topological polar surface area (TPSA) is 9.23 Å². The molecule has 1 heteroatoms. The van der Waals surface area contributed by atoms with Gasteiger partial charge in [-0.15, -0.1) is 0 Å². The van der Waals surface area contributed by atoms with E-state index < -0.39 is 0 Å². The fourth-order valence-electron chi connectivity index (χ4n) is 5.02. The Morgan fingerprint density at radius 3 is 1.81 bits per heavy atom. The molecule has 144 valence electrons. The van der Waals surface area contributed by atoms with Crippen molar-refractivity contribution in [3.63, 3.8) is 0 Å². The van der Waals surface area contributed by atoms with Gasteiger partial charge >= 0.3 is 0 Å². The Kier molecular flexibility index (Phi) is 3.33. The van der Waals surface area contributed by atoms with Gasteiger partial charge < -0.3 is 4.74 Å². The van der Waals surface area contributed by atoms with Crippen LogP contribution in [-0.2, 0) is 0 Å². The van der Waals surface area contributed by atoms with Crippen LogP contribution in [0.1, 0.15) is 0 Å². The maximum Gasteiger partial charge on any atom is 0.135 e. The lowest BCUT2D eigenvalue weighted by atomic mass is 9.94. The molecule has 31 heavy (non-hydrogen) atoms. The van der Waals surface area contributed by atoms with Gasteiger partial charge in [-0.1, -0.05) is 84.9 Å². The number of ether oxygens (including phenoxy) is 1. The first-order valence-electron chi connectivity index (χ1n) is 10.6. The van der Waals surface area contributed by atoms with Crippen LogP contribution in [0.15, 0.2) is 109 Å². The van der Waals surface area contributed by atoms with Crippen molar-refractivity contribution in [3.8, 4) is 11.5 Å². The molecule has 7 aromatic carbocycles. The van der Waals surface area contributed by atoms with Crippen LogP contribution in [0.25, 0.3) is 53.9 Å². The zero-order valence-corrected chi connectivity index (χ0v) is 16.8. The quantitative estimate of drug-likeness (QED) is 0.266. The van der Waals surface area contributed by atoms with Gasteiger partial charge in [-0.25, -0.2) is 0 Å². The van der Waals surface area contributed by atoms with Gasteiger partial charge in [0.15, 0.2) is 0 Å². The Bertz CT molecular complexity index is 1740. The van der Waals surface area contributed by atoms with E-state index in [1.54, 1.807) is 0 Å². The second kappa shape index (κ2) is 6.20. The number of hydrogen-bond acceptors (Lipinski definition) is 1. The molecular formula is C30H18O. The van der Waals surface area contributed by atoms with Gasteiger partial charge in [0, 0.05) is 16.2 Å². The largest absolute Gasteiger partial charge is 0.456 e. The molecule has 0 aliphatic heterocycles. The molecule has 7 aromatic rings. The SMILES string of the molecule is c1ccc2c(c1)ccc1c(Oc3ccc4ccc5cccc6ccc3c4c56)cccc12. The Balaban J connectivity index is 1.48. The van der Waals surface area contributed by atoms with E-state index in [9.17, 15) is 0 Å². The molecule has 1 nitrogen and oxygen atoms in total. The molecular weight excluding hydrogens is 376 g/mol. The highest BCUT2D eigenvalue weighted by atomic mass is 16.5. The van der Waals surface area contributed by atoms with Crippen molar-refractivity contribution in [2.24, 2.45) is 0 Å². The average Bonchev–Trinajstić information content (AvgIpc) is 2.83. The molecule has 0 radical (unpaired) electrons. The van der Waals surface area contributed by atoms with Crippen molar-refractivity contribution in [1.82, 2.24) is 0 Å². The highest BCUT2D eigenvalue weighted by molar-refractivity contribution is 6.24. The fourth-order valence-corrected chi connectivity index (χ4v) is 5.02. The molecule has 0 spiro atoms. The zero-order chi connectivity index (χ0) is 20.4. The molecule has 0 aromatic heterocycles. The minimum atomic E-state index is 0.887. The lowest BCUT2D eigenvalue weighted by Gasteiger charge is -2.15. The third kappa shape index (κ3) is 2.38. The summed E-state index contributed by atoms with van der Waals surface area (Å²) in [5.74, 6) is 1.78. The van der Waals surface area contributed by atoms with E-state index in [1.165, 1.54) is 43.1 Å².